The summed E-state index contributed by atoms with van der Waals surface area (Å²) in [6.45, 7) is 5.70. The molecule has 1 aromatic heterocycles. The van der Waals surface area contributed by atoms with Gasteiger partial charge in [-0.3, -0.25) is 15.2 Å². The van der Waals surface area contributed by atoms with Crippen LogP contribution < -0.4 is 5.32 Å². The monoisotopic (exact) mass is 289 g/mol. The lowest BCUT2D eigenvalue weighted by atomic mass is 10.2. The lowest BCUT2D eigenvalue weighted by Crippen LogP contribution is -2.81. The maximum atomic E-state index is 5.22. The van der Waals surface area contributed by atoms with Gasteiger partial charge in [-0.1, -0.05) is 19.1 Å². The van der Waals surface area contributed by atoms with Gasteiger partial charge in [-0.05, 0) is 50.3 Å². The number of quaternary nitrogens is 1. The molecular weight excluding hydrogens is 268 g/mol. The Bertz CT molecular complexity index is 652. The van der Waals surface area contributed by atoms with Gasteiger partial charge in [-0.2, -0.15) is 0 Å². The zero-order chi connectivity index (χ0) is 13.9. The Morgan fingerprint density at radius 1 is 1.45 bits per heavy atom. The van der Waals surface area contributed by atoms with Crippen molar-refractivity contribution in [3.8, 4) is 0 Å². The van der Waals surface area contributed by atoms with Crippen molar-refractivity contribution >= 4 is 28.9 Å². The van der Waals surface area contributed by atoms with E-state index >= 15 is 0 Å². The first-order chi connectivity index (χ1) is 9.78. The number of aromatic nitrogens is 2. The second-order valence-electron chi connectivity index (χ2n) is 5.34. The molecule has 0 spiro atoms. The van der Waals surface area contributed by atoms with Gasteiger partial charge in [-0.15, -0.1) is 0 Å². The van der Waals surface area contributed by atoms with Gasteiger partial charge in [0.2, 0.25) is 10.6 Å². The van der Waals surface area contributed by atoms with Crippen molar-refractivity contribution in [1.82, 2.24) is 14.9 Å². The summed E-state index contributed by atoms with van der Waals surface area (Å²) in [6.07, 6.45) is 2.62. The van der Waals surface area contributed by atoms with E-state index in [2.05, 4.69) is 33.2 Å². The van der Waals surface area contributed by atoms with Gasteiger partial charge >= 0.3 is 0 Å². The highest BCUT2D eigenvalue weighted by Gasteiger charge is 2.24. The van der Waals surface area contributed by atoms with Crippen molar-refractivity contribution in [3.05, 3.63) is 29.0 Å². The number of fused-ring (bicyclic) bond motifs is 1. The van der Waals surface area contributed by atoms with E-state index in [4.69, 9.17) is 12.2 Å². The van der Waals surface area contributed by atoms with Gasteiger partial charge in [-0.25, -0.2) is 4.98 Å². The molecular formula is C15H21N4S+. The quantitative estimate of drug-likeness (QED) is 0.846. The number of rotatable bonds is 4. The van der Waals surface area contributed by atoms with Crippen LogP contribution in [0.3, 0.4) is 0 Å². The van der Waals surface area contributed by atoms with Gasteiger partial charge in [0.25, 0.3) is 0 Å². The topological polar surface area (TPSA) is 48.5 Å². The lowest BCUT2D eigenvalue weighted by Gasteiger charge is -2.21. The normalized spacial score (nSPS) is 19.8. The van der Waals surface area contributed by atoms with E-state index in [9.17, 15) is 0 Å². The van der Waals surface area contributed by atoms with Crippen LogP contribution in [0.15, 0.2) is 24.3 Å². The van der Waals surface area contributed by atoms with Crippen molar-refractivity contribution < 1.29 is 5.32 Å². The first kappa shape index (κ1) is 13.7. The predicted octanol–water partition coefficient (Wildman–Crippen LogP) is 1.97. The third-order valence-electron chi connectivity index (χ3n) is 4.16. The summed E-state index contributed by atoms with van der Waals surface area (Å²) < 4.78 is 0.564. The molecule has 0 aliphatic carbocycles. The Morgan fingerprint density at radius 2 is 2.30 bits per heavy atom. The molecule has 2 heterocycles. The number of para-hydroxylation sites is 1. The SMILES string of the molecule is CCN1CCC[C@H]1C[NH2+]c1[nH]c(=S)nc2ccccc12. The molecule has 1 aliphatic rings. The molecule has 3 N–H and O–H groups in total. The predicted molar refractivity (Wildman–Crippen MR) is 83.6 cm³/mol. The number of aromatic amines is 1. The summed E-state index contributed by atoms with van der Waals surface area (Å²) in [5.74, 6) is 1.11. The number of benzene rings is 1. The zero-order valence-electron chi connectivity index (χ0n) is 11.8. The van der Waals surface area contributed by atoms with Crippen molar-refractivity contribution in [3.63, 3.8) is 0 Å². The fourth-order valence-electron chi connectivity index (χ4n) is 3.11. The molecule has 0 bridgehead atoms. The smallest absolute Gasteiger partial charge is 0.213 e. The van der Waals surface area contributed by atoms with Crippen LogP contribution in [0.1, 0.15) is 19.8 Å². The van der Waals surface area contributed by atoms with E-state index in [1.165, 1.54) is 19.4 Å². The summed E-state index contributed by atoms with van der Waals surface area (Å²) in [7, 11) is 0. The van der Waals surface area contributed by atoms with Crippen LogP contribution in [0.25, 0.3) is 10.9 Å². The number of nitrogens with two attached hydrogens (primary N) is 1. The van der Waals surface area contributed by atoms with Gasteiger partial charge in [0.15, 0.2) is 0 Å². The Labute approximate surface area is 124 Å². The Hall–Kier alpha value is -1.30. The molecule has 106 valence electrons. The number of nitrogens with zero attached hydrogens (tertiary/aromatic N) is 2. The molecule has 0 radical (unpaired) electrons. The largest absolute Gasteiger partial charge is 0.297 e. The molecule has 4 nitrogen and oxygen atoms in total. The van der Waals surface area contributed by atoms with Crippen LogP contribution in [0.2, 0.25) is 0 Å². The molecule has 1 aromatic carbocycles. The third-order valence-corrected chi connectivity index (χ3v) is 4.35. The molecule has 5 heteroatoms. The third kappa shape index (κ3) is 2.75. The molecule has 1 saturated heterocycles. The molecule has 0 saturated carbocycles. The van der Waals surface area contributed by atoms with Crippen LogP contribution >= 0.6 is 12.2 Å². The molecule has 1 fully saturated rings. The molecule has 1 atom stereocenters. The first-order valence-corrected chi connectivity index (χ1v) is 7.75. The van der Waals surface area contributed by atoms with Crippen LogP contribution in [-0.2, 0) is 0 Å². The number of hydrogen-bond acceptors (Lipinski definition) is 3. The molecule has 20 heavy (non-hydrogen) atoms. The van der Waals surface area contributed by atoms with Crippen molar-refractivity contribution in [2.24, 2.45) is 0 Å². The Morgan fingerprint density at radius 3 is 3.15 bits per heavy atom. The zero-order valence-corrected chi connectivity index (χ0v) is 12.6. The van der Waals surface area contributed by atoms with E-state index in [0.717, 1.165) is 29.8 Å². The van der Waals surface area contributed by atoms with E-state index in [1.807, 2.05) is 18.2 Å². The minimum absolute atomic E-state index is 0.564. The summed E-state index contributed by atoms with van der Waals surface area (Å²) >= 11 is 5.22. The highest BCUT2D eigenvalue weighted by Crippen LogP contribution is 2.17. The standard InChI is InChI=1S/C15H20N4S/c1-2-19-9-5-6-11(19)10-16-14-12-7-3-4-8-13(12)17-15(20)18-14/h3-4,7-8,11H,2,5-6,9-10H2,1H3,(H2,16,17,18,20)/p+1/t11-/m0/s1. The highest BCUT2D eigenvalue weighted by molar-refractivity contribution is 7.71. The van der Waals surface area contributed by atoms with E-state index in [-0.39, 0.29) is 0 Å². The molecule has 2 aromatic rings. The Kier molecular flexibility index (Phi) is 4.10. The maximum absolute atomic E-state index is 5.22. The van der Waals surface area contributed by atoms with Gasteiger partial charge in [0.05, 0.1) is 23.5 Å². The summed E-state index contributed by atoms with van der Waals surface area (Å²) in [5, 5.41) is 3.44. The highest BCUT2D eigenvalue weighted by atomic mass is 32.1. The van der Waals surface area contributed by atoms with E-state index < -0.39 is 0 Å². The van der Waals surface area contributed by atoms with Crippen molar-refractivity contribution in [2.75, 3.05) is 19.6 Å². The summed E-state index contributed by atoms with van der Waals surface area (Å²) in [6, 6.07) is 8.85. The minimum Gasteiger partial charge on any atom is -0.297 e. The van der Waals surface area contributed by atoms with Crippen molar-refractivity contribution in [2.45, 2.75) is 25.8 Å². The van der Waals surface area contributed by atoms with Crippen LogP contribution in [-0.4, -0.2) is 40.5 Å². The second-order valence-corrected chi connectivity index (χ2v) is 5.72. The Balaban J connectivity index is 1.82. The van der Waals surface area contributed by atoms with E-state index in [0.29, 0.717) is 10.8 Å². The number of likely N-dealkylation sites (tertiary alicyclic amines) is 1. The average molecular weight is 289 g/mol. The van der Waals surface area contributed by atoms with Crippen LogP contribution in [0.4, 0.5) is 5.82 Å². The number of H-pyrrole nitrogens is 1. The van der Waals surface area contributed by atoms with Gasteiger partial charge < -0.3 is 0 Å². The number of nitrogens with one attached hydrogen (secondary N) is 1. The first-order valence-electron chi connectivity index (χ1n) is 7.34. The van der Waals surface area contributed by atoms with Crippen LogP contribution in [0.5, 0.6) is 0 Å². The minimum atomic E-state index is 0.564. The molecule has 1 aliphatic heterocycles. The number of likely N-dealkylation sites (N-methyl/N-ethyl adjacent to an activating group) is 1. The fraction of sp³-hybridized carbons (Fsp3) is 0.467. The maximum Gasteiger partial charge on any atom is 0.213 e. The van der Waals surface area contributed by atoms with Gasteiger partial charge in [0, 0.05) is 0 Å². The lowest BCUT2D eigenvalue weighted by molar-refractivity contribution is -0.578. The number of hydrogen-bond donors (Lipinski definition) is 2. The van der Waals surface area contributed by atoms with Gasteiger partial charge in [0.1, 0.15) is 0 Å². The fourth-order valence-corrected chi connectivity index (χ4v) is 3.32. The molecule has 0 amide bonds. The molecule has 3 rings (SSSR count). The summed E-state index contributed by atoms with van der Waals surface area (Å²) in [5.41, 5.74) is 0.973. The van der Waals surface area contributed by atoms with Crippen molar-refractivity contribution in [1.29, 1.82) is 0 Å². The van der Waals surface area contributed by atoms with E-state index in [1.54, 1.807) is 0 Å². The summed E-state index contributed by atoms with van der Waals surface area (Å²) in [4.78, 5) is 10.2. The average Bonchev–Trinajstić information content (AvgIpc) is 2.92. The molecule has 0 unspecified atom stereocenters. The van der Waals surface area contributed by atoms with Crippen LogP contribution in [0, 0.1) is 4.77 Å². The second kappa shape index (κ2) is 5.99.